The second-order valence-electron chi connectivity index (χ2n) is 3.77. The number of aliphatic hydroxyl groups is 2. The van der Waals surface area contributed by atoms with Crippen molar-refractivity contribution in [2.24, 2.45) is 0 Å². The lowest BCUT2D eigenvalue weighted by Crippen LogP contribution is -2.24. The summed E-state index contributed by atoms with van der Waals surface area (Å²) in [6, 6.07) is 3.94. The van der Waals surface area contributed by atoms with Crippen LogP contribution in [0.4, 0.5) is 4.39 Å². The molecule has 0 aliphatic rings. The molecule has 0 heterocycles. The van der Waals surface area contributed by atoms with Gasteiger partial charge < -0.3 is 15.5 Å². The Bertz CT molecular complexity index is 384. The molecule has 0 radical (unpaired) electrons. The van der Waals surface area contributed by atoms with E-state index in [0.29, 0.717) is 12.8 Å². The quantitative estimate of drug-likeness (QED) is 0.639. The summed E-state index contributed by atoms with van der Waals surface area (Å²) in [5, 5.41) is 22.3. The van der Waals surface area contributed by atoms with Crippen molar-refractivity contribution < 1.29 is 19.4 Å². The third-order valence-electron chi connectivity index (χ3n) is 2.56. The summed E-state index contributed by atoms with van der Waals surface area (Å²) in [7, 11) is 1.71. The minimum Gasteiger partial charge on any atom is -0.390 e. The van der Waals surface area contributed by atoms with Crippen LogP contribution >= 0.6 is 0 Å². The van der Waals surface area contributed by atoms with Crippen LogP contribution in [0, 0.1) is 5.82 Å². The maximum Gasteiger partial charge on any atom is 0.150 e. The van der Waals surface area contributed by atoms with Gasteiger partial charge in [-0.05, 0) is 26.1 Å². The predicted molar refractivity (Wildman–Crippen MR) is 61.3 cm³/mol. The van der Waals surface area contributed by atoms with E-state index in [1.807, 2.05) is 0 Å². The average molecular weight is 241 g/mol. The van der Waals surface area contributed by atoms with E-state index in [0.717, 1.165) is 6.07 Å². The highest BCUT2D eigenvalue weighted by Crippen LogP contribution is 2.24. The highest BCUT2D eigenvalue weighted by molar-refractivity contribution is 5.77. The molecule has 94 valence electrons. The molecule has 0 saturated heterocycles. The summed E-state index contributed by atoms with van der Waals surface area (Å²) >= 11 is 0. The number of halogens is 1. The van der Waals surface area contributed by atoms with Crippen molar-refractivity contribution in [3.8, 4) is 0 Å². The van der Waals surface area contributed by atoms with E-state index in [1.165, 1.54) is 12.1 Å². The van der Waals surface area contributed by atoms with Gasteiger partial charge in [0.15, 0.2) is 6.29 Å². The summed E-state index contributed by atoms with van der Waals surface area (Å²) in [5.74, 6) is -0.689. The zero-order valence-corrected chi connectivity index (χ0v) is 9.56. The molecule has 3 N–H and O–H groups in total. The van der Waals surface area contributed by atoms with Gasteiger partial charge in [0.25, 0.3) is 0 Å². The van der Waals surface area contributed by atoms with Crippen molar-refractivity contribution in [1.82, 2.24) is 5.32 Å². The van der Waals surface area contributed by atoms with Crippen molar-refractivity contribution in [3.63, 3.8) is 0 Å². The molecule has 1 aromatic rings. The summed E-state index contributed by atoms with van der Waals surface area (Å²) < 4.78 is 13.5. The van der Waals surface area contributed by atoms with Crippen LogP contribution in [0.25, 0.3) is 0 Å². The van der Waals surface area contributed by atoms with Gasteiger partial charge in [-0.2, -0.15) is 0 Å². The Balaban J connectivity index is 2.94. The average Bonchev–Trinajstić information content (AvgIpc) is 2.34. The molecule has 0 aliphatic carbocycles. The molecule has 4 nitrogen and oxygen atoms in total. The van der Waals surface area contributed by atoms with E-state index in [1.54, 1.807) is 7.05 Å². The molecule has 0 bridgehead atoms. The van der Waals surface area contributed by atoms with Gasteiger partial charge in [-0.25, -0.2) is 4.39 Å². The van der Waals surface area contributed by atoms with Crippen LogP contribution < -0.4 is 5.32 Å². The van der Waals surface area contributed by atoms with Gasteiger partial charge in [-0.1, -0.05) is 12.1 Å². The summed E-state index contributed by atoms with van der Waals surface area (Å²) in [6.45, 7) is 0.489. The fourth-order valence-corrected chi connectivity index (χ4v) is 1.61. The second-order valence-corrected chi connectivity index (χ2v) is 3.77. The minimum atomic E-state index is -1.40. The Morgan fingerprint density at radius 1 is 1.47 bits per heavy atom. The van der Waals surface area contributed by atoms with Gasteiger partial charge >= 0.3 is 0 Å². The fourth-order valence-electron chi connectivity index (χ4n) is 1.61. The van der Waals surface area contributed by atoms with E-state index in [9.17, 15) is 19.4 Å². The first-order valence-electron chi connectivity index (χ1n) is 5.36. The summed E-state index contributed by atoms with van der Waals surface area (Å²) in [4.78, 5) is 10.7. The number of nitrogens with one attached hydrogen (secondary N) is 1. The predicted octanol–water partition coefficient (Wildman–Crippen LogP) is 0.642. The molecule has 1 rings (SSSR count). The van der Waals surface area contributed by atoms with Gasteiger partial charge in [-0.3, -0.25) is 4.79 Å². The van der Waals surface area contributed by atoms with Crippen molar-refractivity contribution in [3.05, 3.63) is 35.1 Å². The second kappa shape index (κ2) is 6.44. The molecule has 5 heteroatoms. The number of carbonyl (C=O) groups excluding carboxylic acids is 1. The van der Waals surface area contributed by atoms with Gasteiger partial charge in [-0.15, -0.1) is 0 Å². The maximum atomic E-state index is 13.5. The van der Waals surface area contributed by atoms with Gasteiger partial charge in [0.1, 0.15) is 11.9 Å². The van der Waals surface area contributed by atoms with Crippen molar-refractivity contribution in [2.45, 2.75) is 18.6 Å². The molecule has 0 aliphatic heterocycles. The lowest BCUT2D eigenvalue weighted by molar-refractivity contribution is 0.0116. The summed E-state index contributed by atoms with van der Waals surface area (Å²) in [5.41, 5.74) is -0.0906. The van der Waals surface area contributed by atoms with E-state index in [2.05, 4.69) is 5.32 Å². The zero-order chi connectivity index (χ0) is 12.8. The van der Waals surface area contributed by atoms with E-state index in [-0.39, 0.29) is 17.5 Å². The first kappa shape index (κ1) is 13.8. The Labute approximate surface area is 99.1 Å². The highest BCUT2D eigenvalue weighted by Gasteiger charge is 2.23. The van der Waals surface area contributed by atoms with Crippen molar-refractivity contribution in [1.29, 1.82) is 0 Å². The van der Waals surface area contributed by atoms with Crippen LogP contribution in [0.5, 0.6) is 0 Å². The monoisotopic (exact) mass is 241 g/mol. The Morgan fingerprint density at radius 3 is 2.76 bits per heavy atom. The number of carbonyl (C=O) groups is 1. The van der Waals surface area contributed by atoms with E-state index >= 15 is 0 Å². The van der Waals surface area contributed by atoms with Crippen molar-refractivity contribution in [2.75, 3.05) is 13.6 Å². The van der Waals surface area contributed by atoms with Crippen LogP contribution in [-0.4, -0.2) is 36.2 Å². The largest absolute Gasteiger partial charge is 0.390 e. The molecule has 0 fully saturated rings. The van der Waals surface area contributed by atoms with E-state index < -0.39 is 18.0 Å². The molecule has 0 saturated carbocycles. The van der Waals surface area contributed by atoms with E-state index in [4.69, 9.17) is 0 Å². The molecular weight excluding hydrogens is 225 g/mol. The number of hydrogen-bond donors (Lipinski definition) is 3. The molecule has 0 spiro atoms. The van der Waals surface area contributed by atoms with Crippen LogP contribution in [0.3, 0.4) is 0 Å². The summed E-state index contributed by atoms with van der Waals surface area (Å²) in [6.07, 6.45) is -1.78. The fraction of sp³-hybridized carbons (Fsp3) is 0.417. The Kier molecular flexibility index (Phi) is 5.21. The van der Waals surface area contributed by atoms with Crippen LogP contribution in [-0.2, 0) is 0 Å². The lowest BCUT2D eigenvalue weighted by Gasteiger charge is -2.19. The molecule has 1 aromatic carbocycles. The number of aldehydes is 1. The normalized spacial score (nSPS) is 14.4. The third-order valence-corrected chi connectivity index (χ3v) is 2.56. The van der Waals surface area contributed by atoms with Gasteiger partial charge in [0.05, 0.1) is 6.10 Å². The van der Waals surface area contributed by atoms with Crippen LogP contribution in [0.2, 0.25) is 0 Å². The number of aliphatic hydroxyl groups excluding tert-OH is 2. The van der Waals surface area contributed by atoms with Gasteiger partial charge in [0, 0.05) is 11.1 Å². The first-order valence-corrected chi connectivity index (χ1v) is 5.36. The smallest absolute Gasteiger partial charge is 0.150 e. The maximum absolute atomic E-state index is 13.5. The molecule has 17 heavy (non-hydrogen) atoms. The molecule has 0 aromatic heterocycles. The highest BCUT2D eigenvalue weighted by atomic mass is 19.1. The number of hydrogen-bond acceptors (Lipinski definition) is 4. The Morgan fingerprint density at radius 2 is 2.18 bits per heavy atom. The molecule has 2 unspecified atom stereocenters. The molecule has 2 atom stereocenters. The lowest BCUT2D eigenvalue weighted by atomic mass is 9.97. The topological polar surface area (TPSA) is 69.6 Å². The number of rotatable bonds is 6. The number of benzene rings is 1. The van der Waals surface area contributed by atoms with Gasteiger partial charge in [0.2, 0.25) is 0 Å². The third kappa shape index (κ3) is 3.33. The SMILES string of the molecule is CNCCC(O)C(O)c1c(F)cccc1C=O. The standard InChI is InChI=1S/C12H16FNO3/c1-14-6-5-10(16)12(17)11-8(7-15)3-2-4-9(11)13/h2-4,7,10,12,14,16-17H,5-6H2,1H3. The van der Waals surface area contributed by atoms with Crippen LogP contribution in [0.1, 0.15) is 28.4 Å². The minimum absolute atomic E-state index is 0.0565. The molecular formula is C12H16FNO3. The first-order chi connectivity index (χ1) is 8.11. The molecule has 0 amide bonds. The van der Waals surface area contributed by atoms with Crippen LogP contribution in [0.15, 0.2) is 18.2 Å². The Hall–Kier alpha value is -1.30. The van der Waals surface area contributed by atoms with Crippen molar-refractivity contribution >= 4 is 6.29 Å². The zero-order valence-electron chi connectivity index (χ0n) is 9.56.